The van der Waals surface area contributed by atoms with E-state index in [9.17, 15) is 18.0 Å². The first-order chi connectivity index (χ1) is 10.4. The summed E-state index contributed by atoms with van der Waals surface area (Å²) < 4.78 is 39.5. The van der Waals surface area contributed by atoms with E-state index in [1.54, 1.807) is 18.2 Å². The van der Waals surface area contributed by atoms with Crippen LogP contribution in [0.4, 0.5) is 13.2 Å². The van der Waals surface area contributed by atoms with Crippen molar-refractivity contribution in [1.29, 1.82) is 0 Å². The molecule has 0 aromatic heterocycles. The fourth-order valence-corrected chi connectivity index (χ4v) is 2.61. The number of likely N-dealkylation sites (tertiary alicyclic amines) is 1. The first-order valence-electron chi connectivity index (χ1n) is 7.26. The van der Waals surface area contributed by atoms with Crippen LogP contribution < -0.4 is 11.1 Å². The second-order valence-electron chi connectivity index (χ2n) is 5.51. The minimum atomic E-state index is -4.46. The van der Waals surface area contributed by atoms with Gasteiger partial charge in [-0.3, -0.25) is 10.1 Å². The number of benzene rings is 1. The molecule has 0 radical (unpaired) electrons. The fraction of sp³-hybridized carbons (Fsp3) is 0.533. The van der Waals surface area contributed by atoms with E-state index in [4.69, 9.17) is 5.73 Å². The van der Waals surface area contributed by atoms with Gasteiger partial charge in [-0.1, -0.05) is 30.3 Å². The molecule has 1 saturated heterocycles. The van der Waals surface area contributed by atoms with Crippen molar-refractivity contribution < 1.29 is 18.0 Å². The zero-order valence-electron chi connectivity index (χ0n) is 12.1. The number of alkyl halides is 3. The summed E-state index contributed by atoms with van der Waals surface area (Å²) in [6, 6.07) is 5.58. The monoisotopic (exact) mass is 315 g/mol. The van der Waals surface area contributed by atoms with Crippen molar-refractivity contribution in [2.75, 3.05) is 19.6 Å². The molecule has 122 valence electrons. The highest BCUT2D eigenvalue weighted by atomic mass is 19.4. The second kappa shape index (κ2) is 7.11. The van der Waals surface area contributed by atoms with Crippen molar-refractivity contribution in [2.45, 2.75) is 31.1 Å². The van der Waals surface area contributed by atoms with Gasteiger partial charge < -0.3 is 10.6 Å². The lowest BCUT2D eigenvalue weighted by Gasteiger charge is -2.31. The normalized spacial score (nSPS) is 20.7. The van der Waals surface area contributed by atoms with Crippen LogP contribution in [0.15, 0.2) is 30.3 Å². The average Bonchev–Trinajstić information content (AvgIpc) is 2.47. The number of carbonyl (C=O) groups excluding carboxylic acids is 1. The van der Waals surface area contributed by atoms with Crippen molar-refractivity contribution >= 4 is 5.91 Å². The smallest absolute Gasteiger partial charge is 0.340 e. The number of hydrogen-bond acceptors (Lipinski definition) is 3. The lowest BCUT2D eigenvalue weighted by Crippen LogP contribution is -2.49. The Bertz CT molecular complexity index is 493. The van der Waals surface area contributed by atoms with Gasteiger partial charge in [0.1, 0.15) is 6.04 Å². The Hall–Kier alpha value is -1.60. The standard InChI is InChI=1S/C15H20F3N3O/c16-15(17,18)14(11-5-2-1-3-6-11)20-9-13(22)21-8-4-7-12(19)10-21/h1-3,5-6,12,14,20H,4,7-10,19H2. The van der Waals surface area contributed by atoms with Crippen molar-refractivity contribution in [3.05, 3.63) is 35.9 Å². The number of nitrogens with two attached hydrogens (primary N) is 1. The number of piperidine rings is 1. The molecule has 1 aromatic carbocycles. The van der Waals surface area contributed by atoms with Gasteiger partial charge in [-0.15, -0.1) is 0 Å². The average molecular weight is 315 g/mol. The molecule has 22 heavy (non-hydrogen) atoms. The van der Waals surface area contributed by atoms with E-state index in [1.165, 1.54) is 17.0 Å². The molecule has 0 spiro atoms. The Morgan fingerprint density at radius 3 is 2.64 bits per heavy atom. The largest absolute Gasteiger partial charge is 0.407 e. The van der Waals surface area contributed by atoms with Crippen LogP contribution >= 0.6 is 0 Å². The highest BCUT2D eigenvalue weighted by Gasteiger charge is 2.40. The van der Waals surface area contributed by atoms with Crippen LogP contribution in [0.1, 0.15) is 24.4 Å². The SMILES string of the molecule is NC1CCCN(C(=O)CNC(c2ccccc2)C(F)(F)F)C1. The number of hydrogen-bond donors (Lipinski definition) is 2. The van der Waals surface area contributed by atoms with Crippen LogP contribution in [0.2, 0.25) is 0 Å². The molecule has 1 aliphatic heterocycles. The summed E-state index contributed by atoms with van der Waals surface area (Å²) in [5.74, 6) is -0.347. The number of rotatable bonds is 4. The van der Waals surface area contributed by atoms with Crippen LogP contribution in [-0.4, -0.2) is 42.7 Å². The van der Waals surface area contributed by atoms with Crippen LogP contribution in [-0.2, 0) is 4.79 Å². The Morgan fingerprint density at radius 1 is 1.36 bits per heavy atom. The maximum Gasteiger partial charge on any atom is 0.407 e. The number of nitrogens with zero attached hydrogens (tertiary/aromatic N) is 1. The van der Waals surface area contributed by atoms with Gasteiger partial charge in [0, 0.05) is 19.1 Å². The van der Waals surface area contributed by atoms with Crippen LogP contribution in [0, 0.1) is 0 Å². The highest BCUT2D eigenvalue weighted by molar-refractivity contribution is 5.78. The van der Waals surface area contributed by atoms with Gasteiger partial charge in [-0.2, -0.15) is 13.2 Å². The third-order valence-corrected chi connectivity index (χ3v) is 3.73. The van der Waals surface area contributed by atoms with E-state index in [-0.39, 0.29) is 24.1 Å². The van der Waals surface area contributed by atoms with Crippen molar-refractivity contribution in [3.8, 4) is 0 Å². The van der Waals surface area contributed by atoms with E-state index >= 15 is 0 Å². The number of nitrogens with one attached hydrogen (secondary N) is 1. The molecule has 7 heteroatoms. The van der Waals surface area contributed by atoms with Crippen molar-refractivity contribution in [3.63, 3.8) is 0 Å². The molecule has 1 aliphatic rings. The molecule has 0 aliphatic carbocycles. The van der Waals surface area contributed by atoms with E-state index in [0.717, 1.165) is 12.8 Å². The van der Waals surface area contributed by atoms with E-state index in [0.29, 0.717) is 13.1 Å². The van der Waals surface area contributed by atoms with Gasteiger partial charge in [0.05, 0.1) is 6.54 Å². The highest BCUT2D eigenvalue weighted by Crippen LogP contribution is 2.32. The molecule has 1 aromatic rings. The summed E-state index contributed by atoms with van der Waals surface area (Å²) in [4.78, 5) is 13.6. The molecule has 1 heterocycles. The number of amides is 1. The van der Waals surface area contributed by atoms with Crippen LogP contribution in [0.25, 0.3) is 0 Å². The molecule has 1 amide bonds. The Balaban J connectivity index is 1.98. The Morgan fingerprint density at radius 2 is 2.05 bits per heavy atom. The molecule has 2 rings (SSSR count). The van der Waals surface area contributed by atoms with Gasteiger partial charge >= 0.3 is 6.18 Å². The number of halogens is 3. The molecule has 4 nitrogen and oxygen atoms in total. The van der Waals surface area contributed by atoms with E-state index < -0.39 is 12.2 Å². The lowest BCUT2D eigenvalue weighted by molar-refractivity contribution is -0.159. The first-order valence-corrected chi connectivity index (χ1v) is 7.26. The molecular formula is C15H20F3N3O. The molecular weight excluding hydrogens is 295 g/mol. The molecule has 1 fully saturated rings. The fourth-order valence-electron chi connectivity index (χ4n) is 2.61. The topological polar surface area (TPSA) is 58.4 Å². The molecule has 2 atom stereocenters. The van der Waals surface area contributed by atoms with E-state index in [2.05, 4.69) is 5.32 Å². The molecule has 0 saturated carbocycles. The van der Waals surface area contributed by atoms with Gasteiger partial charge in [0.2, 0.25) is 5.91 Å². The summed E-state index contributed by atoms with van der Waals surface area (Å²) in [6.07, 6.45) is -2.83. The maximum atomic E-state index is 13.2. The summed E-state index contributed by atoms with van der Waals surface area (Å²) in [7, 11) is 0. The predicted octanol–water partition coefficient (Wildman–Crippen LogP) is 1.83. The van der Waals surface area contributed by atoms with Gasteiger partial charge in [0.25, 0.3) is 0 Å². The minimum Gasteiger partial charge on any atom is -0.340 e. The summed E-state index contributed by atoms with van der Waals surface area (Å²) in [6.45, 7) is 0.602. The summed E-state index contributed by atoms with van der Waals surface area (Å²) in [5.41, 5.74) is 5.88. The van der Waals surface area contributed by atoms with Gasteiger partial charge in [-0.05, 0) is 18.4 Å². The lowest BCUT2D eigenvalue weighted by atomic mass is 10.1. The van der Waals surface area contributed by atoms with Gasteiger partial charge in [-0.25, -0.2) is 0 Å². The quantitative estimate of drug-likeness (QED) is 0.891. The predicted molar refractivity (Wildman–Crippen MR) is 77.0 cm³/mol. The molecule has 2 unspecified atom stereocenters. The van der Waals surface area contributed by atoms with Crippen LogP contribution in [0.5, 0.6) is 0 Å². The third-order valence-electron chi connectivity index (χ3n) is 3.73. The van der Waals surface area contributed by atoms with E-state index in [1.807, 2.05) is 0 Å². The second-order valence-corrected chi connectivity index (χ2v) is 5.51. The number of carbonyl (C=O) groups is 1. The Labute approximate surface area is 127 Å². The Kier molecular flexibility index (Phi) is 5.42. The third kappa shape index (κ3) is 4.45. The zero-order chi connectivity index (χ0) is 16.2. The summed E-state index contributed by atoms with van der Waals surface area (Å²) >= 11 is 0. The van der Waals surface area contributed by atoms with Crippen molar-refractivity contribution in [2.24, 2.45) is 5.73 Å². The molecule has 3 N–H and O–H groups in total. The van der Waals surface area contributed by atoms with Gasteiger partial charge in [0.15, 0.2) is 0 Å². The minimum absolute atomic E-state index is 0.0924. The zero-order valence-corrected chi connectivity index (χ0v) is 12.1. The maximum absolute atomic E-state index is 13.2. The molecule has 0 bridgehead atoms. The first kappa shape index (κ1) is 16.8. The summed E-state index contributed by atoms with van der Waals surface area (Å²) in [5, 5.41) is 2.33. The van der Waals surface area contributed by atoms with Crippen LogP contribution in [0.3, 0.4) is 0 Å². The van der Waals surface area contributed by atoms with Crippen molar-refractivity contribution in [1.82, 2.24) is 10.2 Å².